The van der Waals surface area contributed by atoms with Gasteiger partial charge in [-0.25, -0.2) is 4.79 Å². The predicted molar refractivity (Wildman–Crippen MR) is 145 cm³/mol. The fourth-order valence-corrected chi connectivity index (χ4v) is 5.12. The van der Waals surface area contributed by atoms with Crippen molar-refractivity contribution in [2.45, 2.75) is 45.1 Å². The molecule has 2 aromatic carbocycles. The second kappa shape index (κ2) is 10.9. The smallest absolute Gasteiger partial charge is 0.336 e. The molecule has 2 aromatic rings. The highest BCUT2D eigenvalue weighted by atomic mass is 32.2. The van der Waals surface area contributed by atoms with Gasteiger partial charge in [0, 0.05) is 12.7 Å². The average molecular weight is 508 g/mol. The van der Waals surface area contributed by atoms with E-state index in [1.165, 1.54) is 23.4 Å². The zero-order valence-electron chi connectivity index (χ0n) is 20.2. The number of carbonyl (C=O) groups excluding carboxylic acids is 2. The summed E-state index contributed by atoms with van der Waals surface area (Å²) in [6, 6.07) is 15.2. The van der Waals surface area contributed by atoms with E-state index in [0.717, 1.165) is 30.6 Å². The molecule has 35 heavy (non-hydrogen) atoms. The van der Waals surface area contributed by atoms with Crippen LogP contribution >= 0.6 is 24.0 Å². The molecular weight excluding hydrogens is 478 g/mol. The number of thioether (sulfide) groups is 1. The second-order valence-electron chi connectivity index (χ2n) is 9.62. The molecule has 1 atom stereocenters. The van der Waals surface area contributed by atoms with Crippen LogP contribution in [0.4, 0.5) is 0 Å². The molecule has 5 nitrogen and oxygen atoms in total. The first-order valence-electron chi connectivity index (χ1n) is 11.7. The van der Waals surface area contributed by atoms with E-state index < -0.39 is 5.97 Å². The SMILES string of the molecule is CC(C)(C)c1ccc(C=CC(=O)Oc2ccc(C=C3SC(=S)N(CC4CCCO4)C3=O)cc2)cc1. The van der Waals surface area contributed by atoms with Crippen LogP contribution in [-0.2, 0) is 19.7 Å². The molecule has 2 saturated heterocycles. The summed E-state index contributed by atoms with van der Waals surface area (Å²) in [5.74, 6) is -0.106. The van der Waals surface area contributed by atoms with Crippen molar-refractivity contribution in [1.29, 1.82) is 0 Å². The molecule has 1 amide bonds. The van der Waals surface area contributed by atoms with Crippen molar-refractivity contribution < 1.29 is 19.1 Å². The molecule has 2 heterocycles. The lowest BCUT2D eigenvalue weighted by Crippen LogP contribution is -2.35. The fourth-order valence-electron chi connectivity index (χ4n) is 3.84. The van der Waals surface area contributed by atoms with E-state index in [-0.39, 0.29) is 17.4 Å². The lowest BCUT2D eigenvalue weighted by Gasteiger charge is -2.18. The summed E-state index contributed by atoms with van der Waals surface area (Å²) in [4.78, 5) is 27.2. The summed E-state index contributed by atoms with van der Waals surface area (Å²) in [7, 11) is 0. The first-order valence-corrected chi connectivity index (χ1v) is 12.9. The lowest BCUT2D eigenvalue weighted by atomic mass is 9.87. The van der Waals surface area contributed by atoms with Gasteiger partial charge in [-0.2, -0.15) is 0 Å². The molecular formula is C28H29NO4S2. The number of esters is 1. The number of hydrogen-bond donors (Lipinski definition) is 0. The Morgan fingerprint density at radius 3 is 2.46 bits per heavy atom. The Morgan fingerprint density at radius 1 is 1.14 bits per heavy atom. The quantitative estimate of drug-likeness (QED) is 0.207. The third kappa shape index (κ3) is 6.69. The summed E-state index contributed by atoms with van der Waals surface area (Å²) < 4.78 is 11.6. The Kier molecular flexibility index (Phi) is 7.89. The predicted octanol–water partition coefficient (Wildman–Crippen LogP) is 5.98. The Balaban J connectivity index is 1.33. The van der Waals surface area contributed by atoms with Crippen LogP contribution in [0, 0.1) is 0 Å². The van der Waals surface area contributed by atoms with E-state index in [2.05, 4.69) is 32.9 Å². The Hall–Kier alpha value is -2.74. The van der Waals surface area contributed by atoms with Crippen molar-refractivity contribution in [3.63, 3.8) is 0 Å². The molecule has 7 heteroatoms. The Labute approximate surface area is 216 Å². The van der Waals surface area contributed by atoms with Gasteiger partial charge in [-0.1, -0.05) is 81.1 Å². The molecule has 1 unspecified atom stereocenters. The highest BCUT2D eigenvalue weighted by Crippen LogP contribution is 2.33. The molecule has 0 aromatic heterocycles. The van der Waals surface area contributed by atoms with Gasteiger partial charge in [-0.05, 0) is 59.2 Å². The number of carbonyl (C=O) groups is 2. The first kappa shape index (κ1) is 25.4. The summed E-state index contributed by atoms with van der Waals surface area (Å²) in [5, 5.41) is 0. The van der Waals surface area contributed by atoms with Crippen molar-refractivity contribution in [3.8, 4) is 5.75 Å². The van der Waals surface area contributed by atoms with Gasteiger partial charge in [0.25, 0.3) is 5.91 Å². The van der Waals surface area contributed by atoms with Gasteiger partial charge in [-0.15, -0.1) is 0 Å². The molecule has 2 aliphatic rings. The highest BCUT2D eigenvalue weighted by molar-refractivity contribution is 8.26. The van der Waals surface area contributed by atoms with Gasteiger partial charge in [0.15, 0.2) is 0 Å². The van der Waals surface area contributed by atoms with E-state index >= 15 is 0 Å². The number of hydrogen-bond acceptors (Lipinski definition) is 6. The minimum atomic E-state index is -0.451. The first-order chi connectivity index (χ1) is 16.7. The van der Waals surface area contributed by atoms with Gasteiger partial charge in [0.2, 0.25) is 0 Å². The largest absolute Gasteiger partial charge is 0.423 e. The normalized spacial score (nSPS) is 19.8. The van der Waals surface area contributed by atoms with Crippen LogP contribution in [0.3, 0.4) is 0 Å². The van der Waals surface area contributed by atoms with Crippen molar-refractivity contribution >= 4 is 52.3 Å². The monoisotopic (exact) mass is 507 g/mol. The molecule has 0 bridgehead atoms. The number of ether oxygens (including phenoxy) is 2. The summed E-state index contributed by atoms with van der Waals surface area (Å²) in [5.41, 5.74) is 3.09. The van der Waals surface area contributed by atoms with Crippen LogP contribution in [0.1, 0.15) is 50.3 Å². The summed E-state index contributed by atoms with van der Waals surface area (Å²) in [6.07, 6.45) is 6.99. The minimum Gasteiger partial charge on any atom is -0.423 e. The highest BCUT2D eigenvalue weighted by Gasteiger charge is 2.34. The number of nitrogens with zero attached hydrogens (tertiary/aromatic N) is 1. The van der Waals surface area contributed by atoms with Crippen LogP contribution in [0.15, 0.2) is 59.5 Å². The van der Waals surface area contributed by atoms with Crippen molar-refractivity contribution in [1.82, 2.24) is 4.90 Å². The van der Waals surface area contributed by atoms with E-state index in [0.29, 0.717) is 21.5 Å². The van der Waals surface area contributed by atoms with E-state index in [1.807, 2.05) is 30.3 Å². The molecule has 182 valence electrons. The van der Waals surface area contributed by atoms with Gasteiger partial charge >= 0.3 is 5.97 Å². The van der Waals surface area contributed by atoms with Crippen LogP contribution in [0.25, 0.3) is 12.2 Å². The van der Waals surface area contributed by atoms with Crippen molar-refractivity contribution in [2.24, 2.45) is 0 Å². The molecule has 0 aliphatic carbocycles. The number of benzene rings is 2. The summed E-state index contributed by atoms with van der Waals surface area (Å²) >= 11 is 6.70. The number of amides is 1. The minimum absolute atomic E-state index is 0.0581. The van der Waals surface area contributed by atoms with Gasteiger partial charge in [-0.3, -0.25) is 9.69 Å². The average Bonchev–Trinajstić information content (AvgIpc) is 3.43. The molecule has 4 rings (SSSR count). The number of thiocarbonyl (C=S) groups is 1. The Morgan fingerprint density at radius 2 is 1.83 bits per heavy atom. The Bertz CT molecular complexity index is 1150. The lowest BCUT2D eigenvalue weighted by molar-refractivity contribution is -0.129. The second-order valence-corrected chi connectivity index (χ2v) is 11.3. The van der Waals surface area contributed by atoms with Gasteiger partial charge in [0.1, 0.15) is 10.1 Å². The van der Waals surface area contributed by atoms with Crippen LogP contribution in [0.5, 0.6) is 5.75 Å². The van der Waals surface area contributed by atoms with Crippen molar-refractivity contribution in [3.05, 3.63) is 76.2 Å². The van der Waals surface area contributed by atoms with E-state index in [9.17, 15) is 9.59 Å². The van der Waals surface area contributed by atoms with E-state index in [4.69, 9.17) is 21.7 Å². The third-order valence-corrected chi connectivity index (χ3v) is 7.25. The van der Waals surface area contributed by atoms with E-state index in [1.54, 1.807) is 23.1 Å². The zero-order chi connectivity index (χ0) is 25.0. The topological polar surface area (TPSA) is 55.8 Å². The molecule has 0 spiro atoms. The number of rotatable bonds is 6. The van der Waals surface area contributed by atoms with Crippen LogP contribution < -0.4 is 4.74 Å². The maximum atomic E-state index is 12.8. The zero-order valence-corrected chi connectivity index (χ0v) is 21.8. The third-order valence-electron chi connectivity index (χ3n) is 5.87. The molecule has 0 N–H and O–H groups in total. The van der Waals surface area contributed by atoms with Crippen LogP contribution in [-0.4, -0.2) is 40.4 Å². The molecule has 0 radical (unpaired) electrons. The van der Waals surface area contributed by atoms with Crippen LogP contribution in [0.2, 0.25) is 0 Å². The van der Waals surface area contributed by atoms with Gasteiger partial charge < -0.3 is 9.47 Å². The standard InChI is InChI=1S/C28H29NO4S2/c1-28(2,3)21-11-6-19(7-12-21)10-15-25(30)33-22-13-8-20(9-14-22)17-24-26(31)29(27(34)35-24)18-23-5-4-16-32-23/h6-15,17,23H,4-5,16,18H2,1-3H3. The molecule has 2 aliphatic heterocycles. The summed E-state index contributed by atoms with van der Waals surface area (Å²) in [6.45, 7) is 7.74. The maximum absolute atomic E-state index is 12.8. The maximum Gasteiger partial charge on any atom is 0.336 e. The van der Waals surface area contributed by atoms with Crippen molar-refractivity contribution in [2.75, 3.05) is 13.2 Å². The fraction of sp³-hybridized carbons (Fsp3) is 0.321. The van der Waals surface area contributed by atoms with Gasteiger partial charge in [0.05, 0.1) is 17.6 Å². The molecule has 2 fully saturated rings. The molecule has 0 saturated carbocycles.